The van der Waals surface area contributed by atoms with Gasteiger partial charge in [-0.15, -0.1) is 10.2 Å². The fourth-order valence-electron chi connectivity index (χ4n) is 1.30. The molecule has 0 fully saturated rings. The molecule has 0 radical (unpaired) electrons. The van der Waals surface area contributed by atoms with Crippen molar-refractivity contribution in [3.05, 3.63) is 32.2 Å². The lowest BCUT2D eigenvalue weighted by atomic mass is 10.4. The molecule has 2 rings (SSSR count). The summed E-state index contributed by atoms with van der Waals surface area (Å²) in [7, 11) is -3.67. The molecule has 5 nitrogen and oxygen atoms in total. The number of hydrogen-bond donors (Lipinski definition) is 1. The maximum absolute atomic E-state index is 12.2. The van der Waals surface area contributed by atoms with Crippen molar-refractivity contribution in [2.24, 2.45) is 0 Å². The summed E-state index contributed by atoms with van der Waals surface area (Å²) < 4.78 is 28.1. The summed E-state index contributed by atoms with van der Waals surface area (Å²) in [5.41, 5.74) is 0. The number of nitrogens with zero attached hydrogens (tertiary/aromatic N) is 2. The maximum atomic E-state index is 12.2. The SMILES string of the molecule is CCc1nnc(NS(=O)(=O)c2ccc(Br)cc2Br)s1. The molecule has 0 bridgehead atoms. The second kappa shape index (κ2) is 5.86. The highest BCUT2D eigenvalue weighted by Gasteiger charge is 2.19. The molecule has 0 aliphatic rings. The Hall–Kier alpha value is -0.510. The van der Waals surface area contributed by atoms with Crippen molar-refractivity contribution < 1.29 is 8.42 Å². The van der Waals surface area contributed by atoms with Crippen molar-refractivity contribution in [3.8, 4) is 0 Å². The topological polar surface area (TPSA) is 72.0 Å². The van der Waals surface area contributed by atoms with Crippen LogP contribution in [0.3, 0.4) is 0 Å². The number of nitrogens with one attached hydrogen (secondary N) is 1. The van der Waals surface area contributed by atoms with E-state index in [4.69, 9.17) is 0 Å². The third-order valence-corrected chi connectivity index (χ3v) is 6.10. The number of halogens is 2. The monoisotopic (exact) mass is 425 g/mol. The smallest absolute Gasteiger partial charge is 0.253 e. The second-order valence-electron chi connectivity index (χ2n) is 3.53. The van der Waals surface area contributed by atoms with Crippen molar-refractivity contribution in [2.45, 2.75) is 18.2 Å². The Morgan fingerprint density at radius 3 is 2.63 bits per heavy atom. The molecule has 19 heavy (non-hydrogen) atoms. The molecule has 0 amide bonds. The van der Waals surface area contributed by atoms with Gasteiger partial charge in [-0.05, 0) is 40.5 Å². The van der Waals surface area contributed by atoms with Gasteiger partial charge < -0.3 is 0 Å². The van der Waals surface area contributed by atoms with Gasteiger partial charge in [0.2, 0.25) is 5.13 Å². The zero-order valence-corrected chi connectivity index (χ0v) is 14.5. The van der Waals surface area contributed by atoms with E-state index in [0.717, 1.165) is 15.9 Å². The zero-order valence-electron chi connectivity index (χ0n) is 9.72. The van der Waals surface area contributed by atoms with E-state index in [0.29, 0.717) is 4.47 Å². The molecule has 1 N–H and O–H groups in total. The van der Waals surface area contributed by atoms with E-state index in [1.807, 2.05) is 6.92 Å². The molecule has 1 heterocycles. The van der Waals surface area contributed by atoms with E-state index >= 15 is 0 Å². The van der Waals surface area contributed by atoms with Crippen molar-refractivity contribution in [2.75, 3.05) is 4.72 Å². The predicted molar refractivity (Wildman–Crippen MR) is 81.9 cm³/mol. The van der Waals surface area contributed by atoms with E-state index in [9.17, 15) is 8.42 Å². The maximum Gasteiger partial charge on any atom is 0.264 e. The van der Waals surface area contributed by atoms with Crippen LogP contribution in [0.2, 0.25) is 0 Å². The van der Waals surface area contributed by atoms with E-state index in [-0.39, 0.29) is 10.0 Å². The number of aryl methyl sites for hydroxylation is 1. The number of benzene rings is 1. The number of rotatable bonds is 4. The van der Waals surface area contributed by atoms with Gasteiger partial charge in [0.1, 0.15) is 9.90 Å². The summed E-state index contributed by atoms with van der Waals surface area (Å²) in [6.45, 7) is 1.93. The Labute approximate surface area is 131 Å². The van der Waals surface area contributed by atoms with Gasteiger partial charge in [-0.1, -0.05) is 34.2 Å². The summed E-state index contributed by atoms with van der Waals surface area (Å²) >= 11 is 7.74. The molecule has 2 aromatic rings. The summed E-state index contributed by atoms with van der Waals surface area (Å²) in [6, 6.07) is 4.85. The van der Waals surface area contributed by atoms with Crippen LogP contribution in [0.25, 0.3) is 0 Å². The molecule has 0 aliphatic carbocycles. The fourth-order valence-corrected chi connectivity index (χ4v) is 4.96. The highest BCUT2D eigenvalue weighted by molar-refractivity contribution is 9.11. The van der Waals surface area contributed by atoms with Gasteiger partial charge in [0.05, 0.1) is 0 Å². The van der Waals surface area contributed by atoms with Gasteiger partial charge in [-0.3, -0.25) is 4.72 Å². The van der Waals surface area contributed by atoms with Crippen molar-refractivity contribution >= 4 is 58.4 Å². The quantitative estimate of drug-likeness (QED) is 0.812. The second-order valence-corrected chi connectivity index (χ2v) is 8.02. The minimum Gasteiger partial charge on any atom is -0.253 e. The van der Waals surface area contributed by atoms with Crippen LogP contribution in [0.4, 0.5) is 5.13 Å². The van der Waals surface area contributed by atoms with Crippen LogP contribution in [0.15, 0.2) is 32.0 Å². The predicted octanol–water partition coefficient (Wildman–Crippen LogP) is 3.43. The zero-order chi connectivity index (χ0) is 14.0. The lowest BCUT2D eigenvalue weighted by Gasteiger charge is -2.06. The van der Waals surface area contributed by atoms with Crippen LogP contribution in [0.5, 0.6) is 0 Å². The van der Waals surface area contributed by atoms with E-state index in [1.54, 1.807) is 12.1 Å². The fraction of sp³-hybridized carbons (Fsp3) is 0.200. The first-order valence-electron chi connectivity index (χ1n) is 5.22. The molecule has 0 saturated heterocycles. The third-order valence-electron chi connectivity index (χ3n) is 2.17. The van der Waals surface area contributed by atoms with E-state index in [2.05, 4.69) is 46.8 Å². The van der Waals surface area contributed by atoms with Crippen molar-refractivity contribution in [1.29, 1.82) is 0 Å². The first-order valence-corrected chi connectivity index (χ1v) is 9.11. The summed E-state index contributed by atoms with van der Waals surface area (Å²) in [5, 5.41) is 8.72. The van der Waals surface area contributed by atoms with Crippen LogP contribution in [-0.4, -0.2) is 18.6 Å². The van der Waals surface area contributed by atoms with E-state index in [1.165, 1.54) is 17.4 Å². The van der Waals surface area contributed by atoms with Gasteiger partial charge >= 0.3 is 0 Å². The Balaban J connectivity index is 2.32. The molecule has 0 spiro atoms. The lowest BCUT2D eigenvalue weighted by Crippen LogP contribution is -2.13. The minimum absolute atomic E-state index is 0.156. The third kappa shape index (κ3) is 3.53. The largest absolute Gasteiger partial charge is 0.264 e. The Kier molecular flexibility index (Phi) is 4.59. The minimum atomic E-state index is -3.67. The molecule has 1 aromatic heterocycles. The first-order chi connectivity index (χ1) is 8.92. The molecule has 0 unspecified atom stereocenters. The van der Waals surface area contributed by atoms with Gasteiger partial charge in [-0.2, -0.15) is 0 Å². The first kappa shape index (κ1) is 14.9. The molecular formula is C10H9Br2N3O2S2. The van der Waals surface area contributed by atoms with Crippen molar-refractivity contribution in [3.63, 3.8) is 0 Å². The van der Waals surface area contributed by atoms with Gasteiger partial charge in [0.25, 0.3) is 10.0 Å². The molecule has 9 heteroatoms. The highest BCUT2D eigenvalue weighted by Crippen LogP contribution is 2.28. The van der Waals surface area contributed by atoms with E-state index < -0.39 is 10.0 Å². The number of anilines is 1. The average Bonchev–Trinajstić information content (AvgIpc) is 2.75. The summed E-state index contributed by atoms with van der Waals surface area (Å²) in [6.07, 6.45) is 0.724. The van der Waals surface area contributed by atoms with Crippen LogP contribution in [-0.2, 0) is 16.4 Å². The summed E-state index contributed by atoms with van der Waals surface area (Å²) in [5.74, 6) is 0. The van der Waals surface area contributed by atoms with Crippen LogP contribution in [0, 0.1) is 0 Å². The van der Waals surface area contributed by atoms with Crippen LogP contribution < -0.4 is 4.72 Å². The molecular weight excluding hydrogens is 418 g/mol. The summed E-state index contributed by atoms with van der Waals surface area (Å²) in [4.78, 5) is 0.156. The standard InChI is InChI=1S/C10H9Br2N3O2S2/c1-2-9-13-14-10(18-9)15-19(16,17)8-4-3-6(11)5-7(8)12/h3-5H,2H2,1H3,(H,14,15). The molecule has 0 atom stereocenters. The Bertz CT molecular complexity index is 701. The Morgan fingerprint density at radius 2 is 2.05 bits per heavy atom. The number of aromatic nitrogens is 2. The molecule has 1 aromatic carbocycles. The molecule has 102 valence electrons. The molecule has 0 aliphatic heterocycles. The average molecular weight is 427 g/mol. The van der Waals surface area contributed by atoms with Crippen LogP contribution >= 0.6 is 43.2 Å². The van der Waals surface area contributed by atoms with Gasteiger partial charge in [0.15, 0.2) is 0 Å². The van der Waals surface area contributed by atoms with Crippen LogP contribution in [0.1, 0.15) is 11.9 Å². The highest BCUT2D eigenvalue weighted by atomic mass is 79.9. The number of sulfonamides is 1. The van der Waals surface area contributed by atoms with Gasteiger partial charge in [0, 0.05) is 8.95 Å². The number of hydrogen-bond acceptors (Lipinski definition) is 5. The van der Waals surface area contributed by atoms with Crippen molar-refractivity contribution in [1.82, 2.24) is 10.2 Å². The Morgan fingerprint density at radius 1 is 1.32 bits per heavy atom. The molecule has 0 saturated carbocycles. The van der Waals surface area contributed by atoms with Gasteiger partial charge in [-0.25, -0.2) is 8.42 Å². The normalized spacial score (nSPS) is 11.5. The lowest BCUT2D eigenvalue weighted by molar-refractivity contribution is 0.600.